The van der Waals surface area contributed by atoms with Crippen LogP contribution in [0.25, 0.3) is 11.2 Å². The molecule has 1 amide bonds. The van der Waals surface area contributed by atoms with Crippen LogP contribution in [0.3, 0.4) is 0 Å². The number of anilines is 2. The van der Waals surface area contributed by atoms with Gasteiger partial charge >= 0.3 is 20.5 Å². The molecular weight excluding hydrogens is 819 g/mol. The molecule has 0 atom stereocenters. The van der Waals surface area contributed by atoms with E-state index in [9.17, 15) is 9.18 Å². The number of rotatable bonds is 9. The van der Waals surface area contributed by atoms with E-state index in [1.165, 1.54) is 0 Å². The van der Waals surface area contributed by atoms with Crippen molar-refractivity contribution in [1.29, 1.82) is 0 Å². The summed E-state index contributed by atoms with van der Waals surface area (Å²) in [6.07, 6.45) is -1.45. The molecule has 2 heterocycles. The second-order valence-corrected chi connectivity index (χ2v) is 20.6. The van der Waals surface area contributed by atoms with Crippen LogP contribution in [0, 0.1) is 6.08 Å². The summed E-state index contributed by atoms with van der Waals surface area (Å²) < 4.78 is 30.4. The van der Waals surface area contributed by atoms with Crippen LogP contribution in [0.5, 0.6) is 5.75 Å². The summed E-state index contributed by atoms with van der Waals surface area (Å²) in [5.41, 5.74) is 8.03. The highest BCUT2D eigenvalue weighted by Gasteiger charge is 2.52. The standard InChI is InChI=1S/C40H41Br2FN6O3Si/c1-39(2,3)51-38(50)48(25-27-22-26(20-21-32(27)41)24-49-35-33(45-36(49)42)34(44)46-37(43)47-35)28-14-13-15-29(23-28)52-53(40(4,5)6,30-16-9-7-10-17-30)31-18-11-8-12-19-31/h7-23H,24-25H2,1-6H3,(H2,44,46,47). The number of ether oxygens (including phenoxy) is 1. The van der Waals surface area contributed by atoms with E-state index >= 15 is 0 Å². The zero-order valence-corrected chi connectivity index (χ0v) is 34.6. The molecule has 9 nitrogen and oxygen atoms in total. The Morgan fingerprint density at radius 2 is 1.49 bits per heavy atom. The van der Waals surface area contributed by atoms with Crippen LogP contribution in [-0.2, 0) is 17.8 Å². The average molecular weight is 861 g/mol. The molecule has 6 rings (SSSR count). The topological polar surface area (TPSA) is 108 Å². The predicted molar refractivity (Wildman–Crippen MR) is 218 cm³/mol. The SMILES string of the molecule is CC(C)(C)OC(=O)N(Cc1cc(Cn2c(Br)nc3c(N)nc(F)nc32)ccc1Br)c1cccc(O[Si](c2ccccc2)(c2ccccc2)C(C)(C)C)c1. The van der Waals surface area contributed by atoms with E-state index in [1.54, 1.807) is 9.47 Å². The van der Waals surface area contributed by atoms with Gasteiger partial charge in [-0.1, -0.05) is 116 Å². The fourth-order valence-corrected chi connectivity index (χ4v) is 11.7. The smallest absolute Gasteiger partial charge is 0.415 e. The van der Waals surface area contributed by atoms with Crippen molar-refractivity contribution in [2.75, 3.05) is 10.6 Å². The number of halogens is 3. The highest BCUT2D eigenvalue weighted by atomic mass is 79.9. The maximum atomic E-state index is 14.2. The van der Waals surface area contributed by atoms with Crippen molar-refractivity contribution in [3.05, 3.63) is 130 Å². The van der Waals surface area contributed by atoms with Crippen molar-refractivity contribution in [3.8, 4) is 5.75 Å². The fraction of sp³-hybridized carbons (Fsp3) is 0.250. The van der Waals surface area contributed by atoms with Crippen molar-refractivity contribution in [2.24, 2.45) is 0 Å². The molecule has 2 aromatic heterocycles. The molecule has 0 spiro atoms. The molecule has 4 aromatic carbocycles. The van der Waals surface area contributed by atoms with E-state index in [-0.39, 0.29) is 23.0 Å². The summed E-state index contributed by atoms with van der Waals surface area (Å²) in [6, 6.07) is 34.3. The minimum atomic E-state index is -2.96. The molecule has 0 saturated carbocycles. The molecule has 0 aliphatic rings. The van der Waals surface area contributed by atoms with Gasteiger partial charge in [0.05, 0.1) is 18.8 Å². The van der Waals surface area contributed by atoms with Crippen molar-refractivity contribution in [2.45, 2.75) is 65.3 Å². The van der Waals surface area contributed by atoms with Crippen LogP contribution < -0.4 is 25.4 Å². The highest BCUT2D eigenvalue weighted by molar-refractivity contribution is 9.10. The monoisotopic (exact) mass is 858 g/mol. The lowest BCUT2D eigenvalue weighted by atomic mass is 10.1. The van der Waals surface area contributed by atoms with E-state index in [1.807, 2.05) is 75.4 Å². The first-order valence-corrected chi connectivity index (χ1v) is 20.6. The van der Waals surface area contributed by atoms with Gasteiger partial charge in [0.15, 0.2) is 21.7 Å². The van der Waals surface area contributed by atoms with Gasteiger partial charge in [-0.15, -0.1) is 0 Å². The Kier molecular flexibility index (Phi) is 10.8. The number of nitrogen functional groups attached to an aromatic ring is 1. The number of hydrogen-bond acceptors (Lipinski definition) is 7. The average Bonchev–Trinajstić information content (AvgIpc) is 3.41. The van der Waals surface area contributed by atoms with E-state index in [4.69, 9.17) is 14.9 Å². The highest BCUT2D eigenvalue weighted by Crippen LogP contribution is 2.39. The molecule has 0 unspecified atom stereocenters. The molecular formula is C40H41Br2FN6O3Si. The zero-order valence-electron chi connectivity index (χ0n) is 30.4. The third-order valence-electron chi connectivity index (χ3n) is 8.76. The number of fused-ring (bicyclic) bond motifs is 1. The maximum absolute atomic E-state index is 14.2. The van der Waals surface area contributed by atoms with Crippen molar-refractivity contribution in [1.82, 2.24) is 19.5 Å². The first kappa shape index (κ1) is 38.1. The lowest BCUT2D eigenvalue weighted by molar-refractivity contribution is 0.0577. The van der Waals surface area contributed by atoms with Crippen LogP contribution >= 0.6 is 31.9 Å². The molecule has 0 radical (unpaired) electrons. The third kappa shape index (κ3) is 8.17. The van der Waals surface area contributed by atoms with Gasteiger partial charge in [-0.3, -0.25) is 9.47 Å². The molecule has 0 aliphatic heterocycles. The van der Waals surface area contributed by atoms with Crippen molar-refractivity contribution >= 4 is 79.3 Å². The number of carbonyl (C=O) groups is 1. The Labute approximate surface area is 326 Å². The predicted octanol–water partition coefficient (Wildman–Crippen LogP) is 9.00. The Morgan fingerprint density at radius 1 is 0.849 bits per heavy atom. The molecule has 13 heteroatoms. The van der Waals surface area contributed by atoms with E-state index in [0.717, 1.165) is 26.0 Å². The summed E-state index contributed by atoms with van der Waals surface area (Å²) in [5.74, 6) is 0.598. The molecule has 0 aliphatic carbocycles. The zero-order chi connectivity index (χ0) is 38.1. The van der Waals surface area contributed by atoms with Gasteiger partial charge in [-0.25, -0.2) is 9.78 Å². The Morgan fingerprint density at radius 3 is 2.09 bits per heavy atom. The van der Waals surface area contributed by atoms with Gasteiger partial charge in [0, 0.05) is 10.5 Å². The van der Waals surface area contributed by atoms with E-state index in [0.29, 0.717) is 28.2 Å². The number of hydrogen-bond donors (Lipinski definition) is 1. The van der Waals surface area contributed by atoms with Crippen LogP contribution in [-0.4, -0.2) is 39.5 Å². The van der Waals surface area contributed by atoms with E-state index < -0.39 is 26.1 Å². The first-order valence-electron chi connectivity index (χ1n) is 17.1. The van der Waals surface area contributed by atoms with Crippen LogP contribution in [0.4, 0.5) is 20.7 Å². The minimum absolute atomic E-state index is 0.0439. The lowest BCUT2D eigenvalue weighted by Gasteiger charge is -2.43. The Balaban J connectivity index is 1.40. The van der Waals surface area contributed by atoms with Crippen molar-refractivity contribution in [3.63, 3.8) is 0 Å². The van der Waals surface area contributed by atoms with Gasteiger partial charge in [0.1, 0.15) is 11.4 Å². The summed E-state index contributed by atoms with van der Waals surface area (Å²) in [7, 11) is -2.96. The van der Waals surface area contributed by atoms with Crippen LogP contribution in [0.2, 0.25) is 5.04 Å². The first-order chi connectivity index (χ1) is 25.1. The second kappa shape index (κ2) is 15.0. The largest absolute Gasteiger partial charge is 0.534 e. The van der Waals surface area contributed by atoms with Crippen LogP contribution in [0.1, 0.15) is 52.7 Å². The molecule has 0 fully saturated rings. The fourth-order valence-electron chi connectivity index (χ4n) is 6.43. The van der Waals surface area contributed by atoms with Crippen molar-refractivity contribution < 1.29 is 18.3 Å². The third-order valence-corrected chi connectivity index (χ3v) is 15.1. The van der Waals surface area contributed by atoms with Gasteiger partial charge in [0.25, 0.3) is 0 Å². The van der Waals surface area contributed by atoms with Crippen LogP contribution in [0.15, 0.2) is 112 Å². The summed E-state index contributed by atoms with van der Waals surface area (Å²) in [6.45, 7) is 12.7. The number of nitrogens with zero attached hydrogens (tertiary/aromatic N) is 5. The van der Waals surface area contributed by atoms with Gasteiger partial charge in [-0.05, 0) is 81.4 Å². The molecule has 6 aromatic rings. The number of amides is 1. The number of nitrogens with two attached hydrogens (primary N) is 1. The number of benzene rings is 4. The number of aromatic nitrogens is 4. The quantitative estimate of drug-likeness (QED) is 0.0879. The second-order valence-electron chi connectivity index (χ2n) is 14.8. The maximum Gasteiger partial charge on any atom is 0.415 e. The normalized spacial score (nSPS) is 12.2. The Hall–Kier alpha value is -4.59. The number of carbonyl (C=O) groups excluding carboxylic acids is 1. The lowest BCUT2D eigenvalue weighted by Crippen LogP contribution is -2.68. The van der Waals surface area contributed by atoms with Gasteiger partial charge in [-0.2, -0.15) is 14.4 Å². The van der Waals surface area contributed by atoms with E-state index in [2.05, 4.69) is 116 Å². The van der Waals surface area contributed by atoms with Gasteiger partial charge < -0.3 is 14.9 Å². The molecule has 53 heavy (non-hydrogen) atoms. The summed E-state index contributed by atoms with van der Waals surface area (Å²) in [4.78, 5) is 27.6. The summed E-state index contributed by atoms with van der Waals surface area (Å²) in [5, 5.41) is 2.02. The minimum Gasteiger partial charge on any atom is -0.534 e. The number of imidazole rings is 1. The molecule has 274 valence electrons. The summed E-state index contributed by atoms with van der Waals surface area (Å²) >= 11 is 7.17. The Bertz CT molecular complexity index is 2220. The van der Waals surface area contributed by atoms with Gasteiger partial charge in [0.2, 0.25) is 0 Å². The molecule has 0 saturated heterocycles. The molecule has 0 bridgehead atoms. The molecule has 2 N–H and O–H groups in total.